The van der Waals surface area contributed by atoms with Gasteiger partial charge in [0.15, 0.2) is 0 Å². The molecule has 1 N–H and O–H groups in total. The average molecular weight is 444 g/mol. The molecule has 0 radical (unpaired) electrons. The van der Waals surface area contributed by atoms with Gasteiger partial charge >= 0.3 is 6.09 Å². The van der Waals surface area contributed by atoms with E-state index in [0.717, 1.165) is 43.8 Å². The monoisotopic (exact) mass is 443 g/mol. The molecule has 8 nitrogen and oxygen atoms in total. The predicted octanol–water partition coefficient (Wildman–Crippen LogP) is 3.23. The number of aromatic nitrogens is 2. The zero-order valence-electron chi connectivity index (χ0n) is 20.1. The van der Waals surface area contributed by atoms with E-state index in [1.807, 2.05) is 45.9 Å². The number of imidazole rings is 1. The van der Waals surface area contributed by atoms with Gasteiger partial charge in [0.05, 0.1) is 11.4 Å². The maximum absolute atomic E-state index is 12.6. The number of amides is 2. The zero-order valence-corrected chi connectivity index (χ0v) is 20.1. The molecule has 0 saturated carbocycles. The van der Waals surface area contributed by atoms with Crippen molar-refractivity contribution >= 4 is 17.6 Å². The Balaban J connectivity index is 1.43. The van der Waals surface area contributed by atoms with Gasteiger partial charge < -0.3 is 19.4 Å². The lowest BCUT2D eigenvalue weighted by molar-refractivity contribution is -0.126. The molecule has 0 aliphatic carbocycles. The minimum absolute atomic E-state index is 0.0196. The molecule has 0 aromatic carbocycles. The van der Waals surface area contributed by atoms with Crippen LogP contribution in [-0.4, -0.2) is 69.5 Å². The van der Waals surface area contributed by atoms with Gasteiger partial charge in [-0.25, -0.2) is 9.78 Å². The van der Waals surface area contributed by atoms with Crippen LogP contribution in [0.5, 0.6) is 0 Å². The fourth-order valence-corrected chi connectivity index (χ4v) is 4.08. The molecule has 32 heavy (non-hydrogen) atoms. The van der Waals surface area contributed by atoms with Crippen molar-refractivity contribution in [2.24, 2.45) is 5.92 Å². The molecule has 1 fully saturated rings. The summed E-state index contributed by atoms with van der Waals surface area (Å²) in [5.41, 5.74) is 2.72. The van der Waals surface area contributed by atoms with Crippen LogP contribution in [0.2, 0.25) is 0 Å². The molecule has 0 spiro atoms. The van der Waals surface area contributed by atoms with E-state index in [0.29, 0.717) is 19.6 Å². The van der Waals surface area contributed by atoms with Crippen molar-refractivity contribution in [3.63, 3.8) is 0 Å². The van der Waals surface area contributed by atoms with E-state index in [4.69, 9.17) is 4.74 Å². The van der Waals surface area contributed by atoms with Gasteiger partial charge in [0.2, 0.25) is 5.91 Å². The van der Waals surface area contributed by atoms with E-state index in [2.05, 4.69) is 32.7 Å². The fraction of sp³-hybridized carbons (Fsp3) is 0.625. The third-order valence-electron chi connectivity index (χ3n) is 5.88. The summed E-state index contributed by atoms with van der Waals surface area (Å²) in [6.07, 6.45) is 3.39. The van der Waals surface area contributed by atoms with Crippen molar-refractivity contribution < 1.29 is 14.3 Å². The number of carbonyl (C=O) groups excluding carboxylic acids is 2. The molecule has 3 rings (SSSR count). The molecule has 1 aliphatic rings. The lowest BCUT2D eigenvalue weighted by Gasteiger charge is -2.31. The van der Waals surface area contributed by atoms with Crippen molar-refractivity contribution in [1.29, 1.82) is 0 Å². The summed E-state index contributed by atoms with van der Waals surface area (Å²) in [5, 5.41) is 3.01. The van der Waals surface area contributed by atoms with Crippen LogP contribution in [0.1, 0.15) is 51.9 Å². The lowest BCUT2D eigenvalue weighted by atomic mass is 9.95. The van der Waals surface area contributed by atoms with Gasteiger partial charge in [-0.2, -0.15) is 0 Å². The number of carbonyl (C=O) groups is 2. The lowest BCUT2D eigenvalue weighted by Crippen LogP contribution is -2.44. The highest BCUT2D eigenvalue weighted by molar-refractivity contribution is 5.78. The number of nitrogens with one attached hydrogen (secondary N) is 1. The molecule has 176 valence electrons. The smallest absolute Gasteiger partial charge is 0.410 e. The number of piperidine rings is 1. The normalized spacial score (nSPS) is 15.7. The third-order valence-corrected chi connectivity index (χ3v) is 5.88. The molecule has 0 unspecified atom stereocenters. The second-order valence-electron chi connectivity index (χ2n) is 9.47. The number of aryl methyl sites for hydroxylation is 1. The Hall–Kier alpha value is -2.61. The topological polar surface area (TPSA) is 79.2 Å². The summed E-state index contributed by atoms with van der Waals surface area (Å²) >= 11 is 0. The third kappa shape index (κ3) is 6.22. The number of pyridine rings is 1. The van der Waals surface area contributed by atoms with E-state index in [-0.39, 0.29) is 17.9 Å². The van der Waals surface area contributed by atoms with Crippen LogP contribution in [0.4, 0.5) is 4.79 Å². The second kappa shape index (κ2) is 10.3. The van der Waals surface area contributed by atoms with Gasteiger partial charge in [-0.1, -0.05) is 6.07 Å². The highest BCUT2D eigenvalue weighted by Crippen LogP contribution is 2.21. The molecule has 8 heteroatoms. The molecular weight excluding hydrogens is 406 g/mol. The van der Waals surface area contributed by atoms with E-state index < -0.39 is 5.60 Å². The first-order valence-corrected chi connectivity index (χ1v) is 11.6. The average Bonchev–Trinajstić information content (AvgIpc) is 3.05. The van der Waals surface area contributed by atoms with Crippen molar-refractivity contribution in [1.82, 2.24) is 24.5 Å². The summed E-state index contributed by atoms with van der Waals surface area (Å²) in [6, 6.07) is 6.05. The van der Waals surface area contributed by atoms with Gasteiger partial charge in [-0.3, -0.25) is 9.69 Å². The van der Waals surface area contributed by atoms with E-state index in [9.17, 15) is 9.59 Å². The van der Waals surface area contributed by atoms with Crippen molar-refractivity contribution in [2.45, 2.75) is 59.6 Å². The van der Waals surface area contributed by atoms with Gasteiger partial charge in [-0.15, -0.1) is 0 Å². The maximum Gasteiger partial charge on any atom is 0.410 e. The van der Waals surface area contributed by atoms with E-state index >= 15 is 0 Å². The first-order chi connectivity index (χ1) is 15.2. The van der Waals surface area contributed by atoms with Crippen molar-refractivity contribution in [3.8, 4) is 0 Å². The molecule has 0 bridgehead atoms. The van der Waals surface area contributed by atoms with Crippen LogP contribution in [0.3, 0.4) is 0 Å². The van der Waals surface area contributed by atoms with Gasteiger partial charge in [0.1, 0.15) is 11.2 Å². The molecule has 2 aromatic heterocycles. The maximum atomic E-state index is 12.6. The fourth-order valence-electron chi connectivity index (χ4n) is 4.08. The minimum Gasteiger partial charge on any atom is -0.444 e. The number of hydrogen-bond donors (Lipinski definition) is 1. The van der Waals surface area contributed by atoms with Gasteiger partial charge in [0.25, 0.3) is 0 Å². The van der Waals surface area contributed by atoms with Gasteiger partial charge in [0, 0.05) is 38.3 Å². The van der Waals surface area contributed by atoms with Crippen LogP contribution in [0.25, 0.3) is 5.65 Å². The Bertz CT molecular complexity index is 925. The summed E-state index contributed by atoms with van der Waals surface area (Å²) in [4.78, 5) is 33.5. The first-order valence-electron chi connectivity index (χ1n) is 11.6. The molecule has 1 aliphatic heterocycles. The standard InChI is InChI=1S/C24H37N5O3/c1-6-28(23(31)32-24(3,4)5)16-12-25-22(30)19-10-14-27(15-11-19)17-20-18(2)26-21-9-7-8-13-29(20)21/h7-9,13,19H,6,10-12,14-17H2,1-5H3,(H,25,30). The second-order valence-corrected chi connectivity index (χ2v) is 9.47. The Morgan fingerprint density at radius 2 is 1.97 bits per heavy atom. The number of likely N-dealkylation sites (N-methyl/N-ethyl adjacent to an activating group) is 1. The predicted molar refractivity (Wildman–Crippen MR) is 124 cm³/mol. The summed E-state index contributed by atoms with van der Waals surface area (Å²) in [5.74, 6) is 0.0991. The Kier molecular flexibility index (Phi) is 7.77. The molecule has 1 saturated heterocycles. The van der Waals surface area contributed by atoms with Crippen LogP contribution in [0.15, 0.2) is 24.4 Å². The quantitative estimate of drug-likeness (QED) is 0.711. The Morgan fingerprint density at radius 3 is 2.62 bits per heavy atom. The van der Waals surface area contributed by atoms with E-state index in [1.165, 1.54) is 5.69 Å². The first kappa shape index (κ1) is 24.0. The van der Waals surface area contributed by atoms with Crippen LogP contribution >= 0.6 is 0 Å². The Labute approximate surface area is 190 Å². The summed E-state index contributed by atoms with van der Waals surface area (Å²) < 4.78 is 7.57. The van der Waals surface area contributed by atoms with Gasteiger partial charge in [-0.05, 0) is 72.7 Å². The number of ether oxygens (including phenoxy) is 1. The highest BCUT2D eigenvalue weighted by atomic mass is 16.6. The molecule has 0 atom stereocenters. The zero-order chi connectivity index (χ0) is 23.3. The molecule has 2 amide bonds. The van der Waals surface area contributed by atoms with Crippen molar-refractivity contribution in [2.75, 3.05) is 32.7 Å². The highest BCUT2D eigenvalue weighted by Gasteiger charge is 2.26. The number of hydrogen-bond acceptors (Lipinski definition) is 5. The Morgan fingerprint density at radius 1 is 1.25 bits per heavy atom. The largest absolute Gasteiger partial charge is 0.444 e. The molecular formula is C24H37N5O3. The summed E-state index contributed by atoms with van der Waals surface area (Å²) in [6.45, 7) is 13.6. The van der Waals surface area contributed by atoms with Crippen LogP contribution in [0, 0.1) is 12.8 Å². The van der Waals surface area contributed by atoms with Crippen LogP contribution in [-0.2, 0) is 16.1 Å². The molecule has 3 heterocycles. The number of fused-ring (bicyclic) bond motifs is 1. The minimum atomic E-state index is -0.524. The summed E-state index contributed by atoms with van der Waals surface area (Å²) in [7, 11) is 0. The molecule has 2 aromatic rings. The number of likely N-dealkylation sites (tertiary alicyclic amines) is 1. The number of nitrogens with zero attached hydrogens (tertiary/aromatic N) is 4. The van der Waals surface area contributed by atoms with Crippen molar-refractivity contribution in [3.05, 3.63) is 35.8 Å². The SMILES string of the molecule is CCN(CCNC(=O)C1CCN(Cc2c(C)nc3ccccn23)CC1)C(=O)OC(C)(C)C. The van der Waals surface area contributed by atoms with E-state index in [1.54, 1.807) is 4.90 Å². The van der Waals surface area contributed by atoms with Crippen LogP contribution < -0.4 is 5.32 Å². The number of rotatable bonds is 7.